The molecule has 38 heavy (non-hydrogen) atoms. The molecule has 13 heteroatoms. The van der Waals surface area contributed by atoms with Gasteiger partial charge in [0.05, 0.1) is 40.4 Å². The van der Waals surface area contributed by atoms with E-state index >= 15 is 0 Å². The lowest BCUT2D eigenvalue weighted by atomic mass is 10.2. The van der Waals surface area contributed by atoms with Gasteiger partial charge < -0.3 is 24.9 Å². The van der Waals surface area contributed by atoms with Gasteiger partial charge in [0.25, 0.3) is 5.56 Å². The summed E-state index contributed by atoms with van der Waals surface area (Å²) in [5, 5.41) is 6.77. The molecule has 0 saturated carbocycles. The second kappa shape index (κ2) is 10.1. The van der Waals surface area contributed by atoms with Gasteiger partial charge in [-0.05, 0) is 55.8 Å². The maximum atomic E-state index is 13.9. The first-order valence-electron chi connectivity index (χ1n) is 12.2. The highest BCUT2D eigenvalue weighted by atomic mass is 79.9. The summed E-state index contributed by atoms with van der Waals surface area (Å²) in [6.45, 7) is 9.04. The van der Waals surface area contributed by atoms with Gasteiger partial charge >= 0.3 is 6.09 Å². The molecule has 1 saturated heterocycles. The number of aromatic amines is 1. The number of H-pyrrole nitrogens is 1. The molecule has 1 unspecified atom stereocenters. The molecule has 1 atom stereocenters. The topological polar surface area (TPSA) is 121 Å². The largest absolute Gasteiger partial charge is 0.444 e. The zero-order valence-electron chi connectivity index (χ0n) is 21.5. The average molecular weight is 604 g/mol. The fourth-order valence-corrected chi connectivity index (χ4v) is 5.20. The first kappa shape index (κ1) is 26.2. The number of rotatable bonds is 4. The van der Waals surface area contributed by atoms with Crippen LogP contribution in [0, 0.1) is 0 Å². The molecule has 1 aromatic carbocycles. The summed E-state index contributed by atoms with van der Waals surface area (Å²) in [5.74, 6) is 1.09. The molecular weight excluding hydrogens is 576 g/mol. The summed E-state index contributed by atoms with van der Waals surface area (Å²) >= 11 is 9.99. The number of carbonyl (C=O) groups is 1. The predicted octanol–water partition coefficient (Wildman–Crippen LogP) is 4.45. The van der Waals surface area contributed by atoms with Crippen LogP contribution in [-0.2, 0) is 4.74 Å². The van der Waals surface area contributed by atoms with Crippen LogP contribution in [0.15, 0.2) is 40.0 Å². The minimum Gasteiger partial charge on any atom is -0.444 e. The van der Waals surface area contributed by atoms with Crippen LogP contribution in [0.25, 0.3) is 21.9 Å². The lowest BCUT2D eigenvalue weighted by Gasteiger charge is -2.38. The number of hydrogen-bond acceptors (Lipinski definition) is 8. The molecule has 11 nitrogen and oxygen atoms in total. The Morgan fingerprint density at radius 2 is 1.92 bits per heavy atom. The van der Waals surface area contributed by atoms with Gasteiger partial charge in [-0.15, -0.1) is 0 Å². The molecule has 0 radical (unpaired) electrons. The average Bonchev–Trinajstić information content (AvgIpc) is 3.24. The van der Waals surface area contributed by atoms with E-state index < -0.39 is 11.6 Å². The van der Waals surface area contributed by atoms with Gasteiger partial charge in [-0.2, -0.15) is 0 Å². The fraction of sp³-hybridized carbons (Fsp3) is 0.400. The second-order valence-corrected chi connectivity index (χ2v) is 11.4. The van der Waals surface area contributed by atoms with Crippen LogP contribution < -0.4 is 15.9 Å². The number of carbonyl (C=O) groups excluding carboxylic acids is 1. The fourth-order valence-electron chi connectivity index (χ4n) is 4.46. The van der Waals surface area contributed by atoms with Crippen molar-refractivity contribution < 1.29 is 9.53 Å². The maximum Gasteiger partial charge on any atom is 0.410 e. The van der Waals surface area contributed by atoms with Crippen molar-refractivity contribution in [2.24, 2.45) is 0 Å². The highest BCUT2D eigenvalue weighted by molar-refractivity contribution is 9.10. The number of anilines is 1. The normalized spacial score (nSPS) is 15.2. The number of hydrogen-bond donors (Lipinski definition) is 2. The Morgan fingerprint density at radius 3 is 2.63 bits per heavy atom. The summed E-state index contributed by atoms with van der Waals surface area (Å²) in [6, 6.07) is 4.80. The number of halogens is 2. The lowest BCUT2D eigenvalue weighted by molar-refractivity contribution is 0.0231. The molecule has 1 fully saturated rings. The number of piperazine rings is 1. The van der Waals surface area contributed by atoms with Crippen molar-refractivity contribution in [3.8, 4) is 0 Å². The third kappa shape index (κ3) is 5.02. The number of benzene rings is 1. The smallest absolute Gasteiger partial charge is 0.410 e. The summed E-state index contributed by atoms with van der Waals surface area (Å²) in [5.41, 5.74) is 0.325. The Balaban J connectivity index is 1.51. The number of ether oxygens (including phenoxy) is 1. The Labute approximate surface area is 232 Å². The van der Waals surface area contributed by atoms with E-state index in [-0.39, 0.29) is 11.7 Å². The van der Waals surface area contributed by atoms with Crippen molar-refractivity contribution in [1.29, 1.82) is 0 Å². The van der Waals surface area contributed by atoms with Gasteiger partial charge in [0.15, 0.2) is 5.82 Å². The van der Waals surface area contributed by atoms with Crippen LogP contribution in [0.4, 0.5) is 10.6 Å². The molecular formula is C25H28BrClN8O3. The summed E-state index contributed by atoms with van der Waals surface area (Å²) in [6.07, 6.45) is 2.90. The van der Waals surface area contributed by atoms with E-state index in [2.05, 4.69) is 36.2 Å². The van der Waals surface area contributed by atoms with Crippen molar-refractivity contribution in [3.05, 3.63) is 56.4 Å². The molecule has 1 amide bonds. The Kier molecular flexibility index (Phi) is 6.95. The Bertz CT molecular complexity index is 1570. The molecule has 200 valence electrons. The molecule has 0 spiro atoms. The van der Waals surface area contributed by atoms with Crippen LogP contribution in [0.2, 0.25) is 5.02 Å². The van der Waals surface area contributed by atoms with E-state index in [4.69, 9.17) is 21.3 Å². The molecule has 1 aliphatic heterocycles. The van der Waals surface area contributed by atoms with E-state index in [0.29, 0.717) is 59.4 Å². The monoisotopic (exact) mass is 602 g/mol. The molecule has 4 heterocycles. The number of nitrogens with one attached hydrogen (secondary N) is 2. The third-order valence-electron chi connectivity index (χ3n) is 6.20. The van der Waals surface area contributed by atoms with Crippen LogP contribution in [0.5, 0.6) is 0 Å². The molecule has 0 aliphatic carbocycles. The molecule has 1 aliphatic rings. The zero-order chi connectivity index (χ0) is 27.2. The Hall–Kier alpha value is -3.38. The Morgan fingerprint density at radius 1 is 1.18 bits per heavy atom. The molecule has 4 aromatic rings. The zero-order valence-corrected chi connectivity index (χ0v) is 23.8. The highest BCUT2D eigenvalue weighted by Crippen LogP contribution is 2.30. The summed E-state index contributed by atoms with van der Waals surface area (Å²) in [7, 11) is 0. The van der Waals surface area contributed by atoms with Crippen LogP contribution in [-0.4, -0.2) is 67.4 Å². The van der Waals surface area contributed by atoms with Gasteiger partial charge in [0.1, 0.15) is 23.4 Å². The molecule has 3 aromatic heterocycles. The van der Waals surface area contributed by atoms with Crippen molar-refractivity contribution >= 4 is 61.4 Å². The first-order chi connectivity index (χ1) is 18.0. The number of fused-ring (bicyclic) bond motifs is 2. The number of aromatic nitrogens is 5. The third-order valence-corrected chi connectivity index (χ3v) is 7.14. The summed E-state index contributed by atoms with van der Waals surface area (Å²) in [4.78, 5) is 44.8. The lowest BCUT2D eigenvalue weighted by Crippen LogP contribution is -2.57. The summed E-state index contributed by atoms with van der Waals surface area (Å²) < 4.78 is 7.91. The quantitative estimate of drug-likeness (QED) is 0.351. The van der Waals surface area contributed by atoms with Gasteiger partial charge in [0, 0.05) is 23.8 Å². The number of nitrogens with zero attached hydrogens (tertiary/aromatic N) is 6. The van der Waals surface area contributed by atoms with E-state index in [1.165, 1.54) is 6.33 Å². The standard InChI is InChI=1S/C25H28BrClN8O3/c1-14(31-21-18-15(26)12-28-20(18)29-13-30-21)22-32-17-7-5-6-16(27)19(17)23(36)35(22)34-10-8-33(9-11-34)24(37)38-25(2,3)4/h5-7,12-14H,8-11H2,1-4H3,(H2,28,29,30,31). The minimum absolute atomic E-state index is 0.273. The van der Waals surface area contributed by atoms with E-state index in [1.807, 2.05) is 32.7 Å². The van der Waals surface area contributed by atoms with Crippen molar-refractivity contribution in [2.75, 3.05) is 36.5 Å². The highest BCUT2D eigenvalue weighted by Gasteiger charge is 2.29. The number of amides is 1. The van der Waals surface area contributed by atoms with Crippen molar-refractivity contribution in [2.45, 2.75) is 39.3 Å². The second-order valence-electron chi connectivity index (χ2n) is 10.1. The van der Waals surface area contributed by atoms with Crippen molar-refractivity contribution in [3.63, 3.8) is 0 Å². The van der Waals surface area contributed by atoms with Gasteiger partial charge in [0.2, 0.25) is 0 Å². The van der Waals surface area contributed by atoms with Gasteiger partial charge in [-0.1, -0.05) is 17.7 Å². The first-order valence-corrected chi connectivity index (χ1v) is 13.4. The minimum atomic E-state index is -0.584. The van der Waals surface area contributed by atoms with Crippen LogP contribution in [0.3, 0.4) is 0 Å². The predicted molar refractivity (Wildman–Crippen MR) is 150 cm³/mol. The van der Waals surface area contributed by atoms with Crippen molar-refractivity contribution in [1.82, 2.24) is 29.5 Å². The molecule has 2 N–H and O–H groups in total. The maximum absolute atomic E-state index is 13.9. The van der Waals surface area contributed by atoms with Gasteiger partial charge in [-0.25, -0.2) is 24.4 Å². The van der Waals surface area contributed by atoms with Crippen LogP contribution in [0.1, 0.15) is 39.6 Å². The van der Waals surface area contributed by atoms with Gasteiger partial charge in [-0.3, -0.25) is 4.79 Å². The van der Waals surface area contributed by atoms with E-state index in [9.17, 15) is 9.59 Å². The molecule has 5 rings (SSSR count). The van der Waals surface area contributed by atoms with E-state index in [1.54, 1.807) is 34.0 Å². The SMILES string of the molecule is CC(Nc1ncnc2[nH]cc(Br)c12)c1nc2cccc(Cl)c2c(=O)n1N1CCN(C(=O)OC(C)(C)C)CC1. The van der Waals surface area contributed by atoms with Crippen LogP contribution >= 0.6 is 27.5 Å². The van der Waals surface area contributed by atoms with E-state index in [0.717, 1.165) is 9.86 Å². The molecule has 0 bridgehead atoms.